The van der Waals surface area contributed by atoms with E-state index in [0.717, 1.165) is 12.0 Å². The molecule has 0 saturated heterocycles. The lowest BCUT2D eigenvalue weighted by Crippen LogP contribution is -2.26. The second-order valence-corrected chi connectivity index (χ2v) is 6.53. The summed E-state index contributed by atoms with van der Waals surface area (Å²) in [4.78, 5) is 36.2. The van der Waals surface area contributed by atoms with Gasteiger partial charge in [0.25, 0.3) is 5.91 Å². The Morgan fingerprint density at radius 2 is 1.86 bits per heavy atom. The van der Waals surface area contributed by atoms with Gasteiger partial charge in [0.05, 0.1) is 5.52 Å². The summed E-state index contributed by atoms with van der Waals surface area (Å²) in [7, 11) is 0. The number of aromatic nitrogens is 1. The van der Waals surface area contributed by atoms with Gasteiger partial charge in [0, 0.05) is 5.69 Å². The molecule has 2 aromatic carbocycles. The van der Waals surface area contributed by atoms with Crippen molar-refractivity contribution < 1.29 is 18.7 Å². The van der Waals surface area contributed by atoms with Crippen LogP contribution in [0, 0.1) is 0 Å². The molecule has 3 rings (SSSR count). The van der Waals surface area contributed by atoms with E-state index in [0.29, 0.717) is 22.7 Å². The van der Waals surface area contributed by atoms with Crippen LogP contribution >= 0.6 is 0 Å². The van der Waals surface area contributed by atoms with E-state index in [2.05, 4.69) is 19.2 Å². The van der Waals surface area contributed by atoms with Crippen LogP contribution in [0.1, 0.15) is 31.7 Å². The first-order valence-electron chi connectivity index (χ1n) is 9.12. The summed E-state index contributed by atoms with van der Waals surface area (Å²) in [5.74, 6) is -1.49. The average molecular weight is 382 g/mol. The maximum atomic E-state index is 12.2. The molecule has 1 N–H and O–H groups in total. The number of nitrogens with one attached hydrogen (secondary N) is 1. The van der Waals surface area contributed by atoms with Crippen LogP contribution < -0.4 is 11.1 Å². The zero-order chi connectivity index (χ0) is 20.1. The number of rotatable bonds is 7. The third-order valence-electron chi connectivity index (χ3n) is 4.60. The van der Waals surface area contributed by atoms with Gasteiger partial charge in [-0.1, -0.05) is 44.2 Å². The summed E-state index contributed by atoms with van der Waals surface area (Å²) in [6.07, 6.45) is 0.940. The topological polar surface area (TPSA) is 90.5 Å². The largest absolute Gasteiger partial charge is 0.454 e. The molecule has 1 amide bonds. The molecule has 146 valence electrons. The fraction of sp³-hybridized carbons (Fsp3) is 0.286. The van der Waals surface area contributed by atoms with Crippen LogP contribution in [-0.2, 0) is 20.9 Å². The fourth-order valence-electron chi connectivity index (χ4n) is 2.93. The third-order valence-corrected chi connectivity index (χ3v) is 4.60. The number of anilines is 1. The van der Waals surface area contributed by atoms with Crippen molar-refractivity contribution in [1.29, 1.82) is 0 Å². The number of para-hydroxylation sites is 3. The van der Waals surface area contributed by atoms with Crippen LogP contribution in [0.15, 0.2) is 57.7 Å². The number of oxazole rings is 1. The van der Waals surface area contributed by atoms with Crippen molar-refractivity contribution in [2.75, 3.05) is 11.9 Å². The first-order chi connectivity index (χ1) is 13.5. The molecule has 0 aliphatic heterocycles. The Balaban J connectivity index is 1.60. The van der Waals surface area contributed by atoms with E-state index < -0.39 is 24.2 Å². The Morgan fingerprint density at radius 3 is 2.64 bits per heavy atom. The molecule has 1 heterocycles. The van der Waals surface area contributed by atoms with Crippen LogP contribution in [-0.4, -0.2) is 23.1 Å². The van der Waals surface area contributed by atoms with Crippen molar-refractivity contribution in [3.8, 4) is 0 Å². The number of hydrogen-bond acceptors (Lipinski definition) is 5. The third kappa shape index (κ3) is 4.31. The molecule has 7 nitrogen and oxygen atoms in total. The Hall–Kier alpha value is -3.35. The van der Waals surface area contributed by atoms with E-state index in [1.807, 2.05) is 24.3 Å². The van der Waals surface area contributed by atoms with Crippen LogP contribution in [0.25, 0.3) is 11.1 Å². The average Bonchev–Trinajstić information content (AvgIpc) is 3.01. The molecular formula is C21H22N2O5. The molecule has 0 bridgehead atoms. The first-order valence-corrected chi connectivity index (χ1v) is 9.12. The highest BCUT2D eigenvalue weighted by Gasteiger charge is 2.15. The molecule has 7 heteroatoms. The second kappa shape index (κ2) is 8.56. The van der Waals surface area contributed by atoms with Crippen LogP contribution in [0.2, 0.25) is 0 Å². The van der Waals surface area contributed by atoms with Gasteiger partial charge in [-0.25, -0.2) is 4.79 Å². The summed E-state index contributed by atoms with van der Waals surface area (Å²) in [6.45, 7) is 3.40. The Kier molecular flexibility index (Phi) is 5.93. The van der Waals surface area contributed by atoms with Crippen LogP contribution in [0.3, 0.4) is 0 Å². The number of carbonyl (C=O) groups excluding carboxylic acids is 2. The number of fused-ring (bicyclic) bond motifs is 1. The lowest BCUT2D eigenvalue weighted by atomic mass is 9.97. The summed E-state index contributed by atoms with van der Waals surface area (Å²) in [6, 6.07) is 14.3. The van der Waals surface area contributed by atoms with E-state index in [4.69, 9.17) is 9.15 Å². The smallest absolute Gasteiger partial charge is 0.420 e. The number of carbonyl (C=O) groups is 2. The molecule has 0 aliphatic carbocycles. The number of benzene rings is 2. The molecule has 1 aromatic heterocycles. The van der Waals surface area contributed by atoms with Crippen molar-refractivity contribution in [2.45, 2.75) is 32.7 Å². The van der Waals surface area contributed by atoms with E-state index in [1.54, 1.807) is 24.3 Å². The maximum absolute atomic E-state index is 12.2. The van der Waals surface area contributed by atoms with Gasteiger partial charge in [0.2, 0.25) is 0 Å². The minimum Gasteiger partial charge on any atom is -0.454 e. The minimum absolute atomic E-state index is 0.292. The first kappa shape index (κ1) is 19.4. The predicted molar refractivity (Wildman–Crippen MR) is 105 cm³/mol. The molecule has 0 saturated carbocycles. The van der Waals surface area contributed by atoms with Crippen molar-refractivity contribution in [1.82, 2.24) is 4.57 Å². The van der Waals surface area contributed by atoms with Crippen molar-refractivity contribution in [2.24, 2.45) is 0 Å². The number of nitrogens with zero attached hydrogens (tertiary/aromatic N) is 1. The zero-order valence-electron chi connectivity index (χ0n) is 15.8. The Labute approximate surface area is 161 Å². The highest BCUT2D eigenvalue weighted by Crippen LogP contribution is 2.26. The van der Waals surface area contributed by atoms with Crippen molar-refractivity contribution >= 4 is 28.7 Å². The van der Waals surface area contributed by atoms with Gasteiger partial charge in [-0.2, -0.15) is 0 Å². The molecule has 0 radical (unpaired) electrons. The molecule has 0 fully saturated rings. The minimum atomic E-state index is -0.695. The van der Waals surface area contributed by atoms with Gasteiger partial charge in [0.1, 0.15) is 6.54 Å². The number of hydrogen-bond donors (Lipinski definition) is 1. The van der Waals surface area contributed by atoms with Gasteiger partial charge in [0.15, 0.2) is 12.2 Å². The molecule has 1 atom stereocenters. The van der Waals surface area contributed by atoms with Crippen LogP contribution in [0.4, 0.5) is 5.69 Å². The summed E-state index contributed by atoms with van der Waals surface area (Å²) >= 11 is 0. The standard InChI is InChI=1S/C21H22N2O5/c1-3-14(2)15-8-4-5-9-16(15)22-19(24)13-27-20(25)12-23-17-10-6-7-11-18(17)28-21(23)26/h4-11,14H,3,12-13H2,1-2H3,(H,22,24)/t14-/m0/s1. The molecule has 0 spiro atoms. The summed E-state index contributed by atoms with van der Waals surface area (Å²) < 4.78 is 11.3. The van der Waals surface area contributed by atoms with E-state index in [9.17, 15) is 14.4 Å². The lowest BCUT2D eigenvalue weighted by molar-refractivity contribution is -0.147. The molecule has 28 heavy (non-hydrogen) atoms. The maximum Gasteiger partial charge on any atom is 0.420 e. The second-order valence-electron chi connectivity index (χ2n) is 6.53. The van der Waals surface area contributed by atoms with Crippen molar-refractivity contribution in [3.63, 3.8) is 0 Å². The normalized spacial score (nSPS) is 11.9. The van der Waals surface area contributed by atoms with Gasteiger partial charge >= 0.3 is 11.7 Å². The number of ether oxygens (including phenoxy) is 1. The highest BCUT2D eigenvalue weighted by molar-refractivity contribution is 5.93. The number of amides is 1. The van der Waals surface area contributed by atoms with E-state index >= 15 is 0 Å². The predicted octanol–water partition coefficient (Wildman–Crippen LogP) is 3.29. The monoisotopic (exact) mass is 382 g/mol. The van der Waals surface area contributed by atoms with Gasteiger partial charge in [-0.15, -0.1) is 0 Å². The Morgan fingerprint density at radius 1 is 1.14 bits per heavy atom. The number of esters is 1. The van der Waals surface area contributed by atoms with Crippen LogP contribution in [0.5, 0.6) is 0 Å². The quantitative estimate of drug-likeness (QED) is 0.633. The fourth-order valence-corrected chi connectivity index (χ4v) is 2.93. The van der Waals surface area contributed by atoms with Gasteiger partial charge < -0.3 is 14.5 Å². The van der Waals surface area contributed by atoms with E-state index in [-0.39, 0.29) is 6.54 Å². The molecule has 0 aliphatic rings. The van der Waals surface area contributed by atoms with Crippen molar-refractivity contribution in [3.05, 3.63) is 64.6 Å². The zero-order valence-corrected chi connectivity index (χ0v) is 15.8. The van der Waals surface area contributed by atoms with E-state index in [1.165, 1.54) is 4.57 Å². The molecular weight excluding hydrogens is 360 g/mol. The van der Waals surface area contributed by atoms with Gasteiger partial charge in [-0.05, 0) is 36.1 Å². The van der Waals surface area contributed by atoms with Gasteiger partial charge in [-0.3, -0.25) is 14.2 Å². The Bertz CT molecular complexity index is 1050. The SMILES string of the molecule is CC[C@H](C)c1ccccc1NC(=O)COC(=O)Cn1c(=O)oc2ccccc21. The molecule has 3 aromatic rings. The summed E-state index contributed by atoms with van der Waals surface area (Å²) in [5.41, 5.74) is 2.62. The highest BCUT2D eigenvalue weighted by atomic mass is 16.5. The summed E-state index contributed by atoms with van der Waals surface area (Å²) in [5, 5.41) is 2.78. The molecule has 0 unspecified atom stereocenters. The lowest BCUT2D eigenvalue weighted by Gasteiger charge is -2.15.